The summed E-state index contributed by atoms with van der Waals surface area (Å²) < 4.78 is 16.3. The van der Waals surface area contributed by atoms with Gasteiger partial charge in [-0.3, -0.25) is 0 Å². The molecule has 4 heteroatoms. The molecule has 0 amide bonds. The van der Waals surface area contributed by atoms with Gasteiger partial charge in [-0.05, 0) is 18.4 Å². The highest BCUT2D eigenvalue weighted by molar-refractivity contribution is 5.98. The van der Waals surface area contributed by atoms with Crippen molar-refractivity contribution in [1.29, 1.82) is 0 Å². The first kappa shape index (κ1) is 15.4. The fourth-order valence-corrected chi connectivity index (χ4v) is 2.99. The molecule has 110 valence electrons. The first-order valence-electron chi connectivity index (χ1n) is 7.18. The van der Waals surface area contributed by atoms with E-state index in [4.69, 9.17) is 13.9 Å². The normalized spacial score (nSPS) is 20.5. The van der Waals surface area contributed by atoms with Crippen molar-refractivity contribution in [2.45, 2.75) is 24.4 Å². The summed E-state index contributed by atoms with van der Waals surface area (Å²) in [6.07, 6.45) is 4.37. The lowest BCUT2D eigenvalue weighted by Crippen LogP contribution is -2.30. The molecule has 1 aliphatic heterocycles. The van der Waals surface area contributed by atoms with Gasteiger partial charge >= 0.3 is 0 Å². The number of hydrogen-bond acceptors (Lipinski definition) is 3. The maximum absolute atomic E-state index is 5.62. The van der Waals surface area contributed by atoms with Crippen LogP contribution in [0.1, 0.15) is 18.4 Å². The molecule has 0 spiro atoms. The summed E-state index contributed by atoms with van der Waals surface area (Å²) >= 11 is 0. The highest BCUT2D eigenvalue weighted by Crippen LogP contribution is 2.31. The van der Waals surface area contributed by atoms with E-state index >= 15 is 0 Å². The number of benzene rings is 1. The minimum atomic E-state index is -0.0948. The van der Waals surface area contributed by atoms with Gasteiger partial charge in [0.1, 0.15) is 16.6 Å². The maximum atomic E-state index is 5.62. The molecule has 3 nitrogen and oxygen atoms in total. The van der Waals surface area contributed by atoms with Crippen LogP contribution in [0.3, 0.4) is 0 Å². The third-order valence-corrected chi connectivity index (χ3v) is 4.05. The van der Waals surface area contributed by atoms with Crippen LogP contribution in [0.4, 0.5) is 0 Å². The van der Waals surface area contributed by atoms with Crippen LogP contribution in [0.15, 0.2) is 43.0 Å². The Morgan fingerprint density at radius 2 is 2.15 bits per heavy atom. The van der Waals surface area contributed by atoms with Gasteiger partial charge in [0.25, 0.3) is 0 Å². The second-order valence-corrected chi connectivity index (χ2v) is 5.87. The zero-order chi connectivity index (χ0) is 14.3. The molecule has 0 bridgehead atoms. The zero-order valence-corrected chi connectivity index (χ0v) is 14.2. The highest BCUT2D eigenvalue weighted by Gasteiger charge is 2.28. The lowest BCUT2D eigenvalue weighted by atomic mass is 9.77. The largest absolute Gasteiger partial charge is 0.427 e. The quantitative estimate of drug-likeness (QED) is 0.284. The van der Waals surface area contributed by atoms with Crippen molar-refractivity contribution < 1.29 is 13.9 Å². The molecular weight excluding hydrogens is 268 g/mol. The molecule has 1 aliphatic rings. The van der Waals surface area contributed by atoms with Crippen LogP contribution in [-0.4, -0.2) is 43.0 Å². The van der Waals surface area contributed by atoms with E-state index in [9.17, 15) is 0 Å². The number of hydrogen-bond donors (Lipinski definition) is 0. The van der Waals surface area contributed by atoms with Gasteiger partial charge in [0.05, 0.1) is 13.2 Å². The predicted octanol–water partition coefficient (Wildman–Crippen LogP) is 1.60. The van der Waals surface area contributed by atoms with E-state index in [1.54, 1.807) is 0 Å². The van der Waals surface area contributed by atoms with Gasteiger partial charge < -0.3 is 13.9 Å². The van der Waals surface area contributed by atoms with Crippen LogP contribution in [0.2, 0.25) is 0 Å². The van der Waals surface area contributed by atoms with E-state index < -0.39 is 0 Å². The molecule has 2 atom stereocenters. The van der Waals surface area contributed by atoms with Crippen LogP contribution in [0.5, 0.6) is 0 Å². The molecule has 0 aliphatic carbocycles. The molecule has 0 radical (unpaired) electrons. The van der Waals surface area contributed by atoms with Crippen LogP contribution in [0, 0.1) is 0 Å². The number of epoxide rings is 1. The molecule has 2 unspecified atom stereocenters. The van der Waals surface area contributed by atoms with E-state index in [-0.39, 0.29) is 5.41 Å². The molecule has 2 rings (SSSR count). The maximum Gasteiger partial charge on any atom is 0.146 e. The fraction of sp³-hybridized carbons (Fsp3) is 0.500. The molecule has 1 aromatic carbocycles. The molecule has 1 fully saturated rings. The molecular formula is C16H24O3Si. The van der Waals surface area contributed by atoms with E-state index in [1.165, 1.54) is 5.56 Å². The third-order valence-electron chi connectivity index (χ3n) is 3.76. The summed E-state index contributed by atoms with van der Waals surface area (Å²) in [5, 5.41) is 0. The summed E-state index contributed by atoms with van der Waals surface area (Å²) in [5.74, 6) is 0. The average molecular weight is 292 g/mol. The number of ether oxygens (including phenoxy) is 2. The number of rotatable bonds is 10. The van der Waals surface area contributed by atoms with E-state index in [0.29, 0.717) is 12.7 Å². The first-order chi connectivity index (χ1) is 9.80. The van der Waals surface area contributed by atoms with Crippen molar-refractivity contribution >= 4 is 10.5 Å². The summed E-state index contributed by atoms with van der Waals surface area (Å²) in [6, 6.07) is 10.5. The Kier molecular flexibility index (Phi) is 5.98. The molecule has 1 aromatic rings. The Labute approximate surface area is 124 Å². The van der Waals surface area contributed by atoms with E-state index in [0.717, 1.165) is 43.1 Å². The van der Waals surface area contributed by atoms with Gasteiger partial charge in [-0.15, -0.1) is 6.58 Å². The smallest absolute Gasteiger partial charge is 0.146 e. The lowest BCUT2D eigenvalue weighted by molar-refractivity contribution is 0.107. The van der Waals surface area contributed by atoms with Crippen molar-refractivity contribution in [3.05, 3.63) is 48.6 Å². The average Bonchev–Trinajstić information content (AvgIpc) is 3.31. The second kappa shape index (κ2) is 7.74. The minimum Gasteiger partial charge on any atom is -0.427 e. The first-order valence-corrected chi connectivity index (χ1v) is 8.00. The molecule has 0 saturated carbocycles. The highest BCUT2D eigenvalue weighted by atomic mass is 28.2. The molecule has 20 heavy (non-hydrogen) atoms. The molecule has 1 heterocycles. The van der Waals surface area contributed by atoms with Gasteiger partial charge in [0, 0.05) is 18.6 Å². The summed E-state index contributed by atoms with van der Waals surface area (Å²) in [4.78, 5) is 0. The van der Waals surface area contributed by atoms with Gasteiger partial charge in [-0.2, -0.15) is 0 Å². The lowest BCUT2D eigenvalue weighted by Gasteiger charge is -2.31. The minimum absolute atomic E-state index is 0.0948. The SMILES string of the molecule is C=CC(CCCOCC1CO1)(CO[SiH3])c1ccccc1. The zero-order valence-electron chi connectivity index (χ0n) is 12.2. The third kappa shape index (κ3) is 4.28. The Hall–Kier alpha value is -0.943. The Morgan fingerprint density at radius 3 is 2.75 bits per heavy atom. The van der Waals surface area contributed by atoms with Crippen LogP contribution in [-0.2, 0) is 19.3 Å². The van der Waals surface area contributed by atoms with Gasteiger partial charge in [0.2, 0.25) is 0 Å². The molecule has 1 saturated heterocycles. The van der Waals surface area contributed by atoms with Crippen molar-refractivity contribution in [3.8, 4) is 0 Å². The van der Waals surface area contributed by atoms with Crippen LogP contribution >= 0.6 is 0 Å². The molecule has 0 N–H and O–H groups in total. The van der Waals surface area contributed by atoms with Crippen molar-refractivity contribution in [2.24, 2.45) is 0 Å². The monoisotopic (exact) mass is 292 g/mol. The second-order valence-electron chi connectivity index (χ2n) is 5.29. The van der Waals surface area contributed by atoms with E-state index in [2.05, 4.69) is 30.8 Å². The molecule has 0 aromatic heterocycles. The van der Waals surface area contributed by atoms with Crippen molar-refractivity contribution in [3.63, 3.8) is 0 Å². The predicted molar refractivity (Wildman–Crippen MR) is 84.0 cm³/mol. The van der Waals surface area contributed by atoms with Gasteiger partial charge in [-0.25, -0.2) is 0 Å². The fourth-order valence-electron chi connectivity index (χ4n) is 2.48. The summed E-state index contributed by atoms with van der Waals surface area (Å²) in [6.45, 7) is 7.10. The Bertz CT molecular complexity index is 405. The van der Waals surface area contributed by atoms with Crippen molar-refractivity contribution in [2.75, 3.05) is 26.4 Å². The van der Waals surface area contributed by atoms with E-state index in [1.807, 2.05) is 12.1 Å². The standard InChI is InChI=1S/C16H24O3Si/c1-2-16(13-19-20,14-7-4-3-5-8-14)9-6-10-17-11-15-12-18-15/h2-5,7-8,15H,1,6,9-13H2,20H3. The van der Waals surface area contributed by atoms with Crippen LogP contribution in [0.25, 0.3) is 0 Å². The van der Waals surface area contributed by atoms with Crippen molar-refractivity contribution in [1.82, 2.24) is 0 Å². The summed E-state index contributed by atoms with van der Waals surface area (Å²) in [7, 11) is 0.746. The Morgan fingerprint density at radius 1 is 1.40 bits per heavy atom. The topological polar surface area (TPSA) is 31.0 Å². The van der Waals surface area contributed by atoms with Gasteiger partial charge in [0.15, 0.2) is 0 Å². The Balaban J connectivity index is 1.89. The summed E-state index contributed by atoms with van der Waals surface area (Å²) in [5.41, 5.74) is 1.18. The van der Waals surface area contributed by atoms with Gasteiger partial charge in [-0.1, -0.05) is 36.4 Å². The van der Waals surface area contributed by atoms with Crippen LogP contribution < -0.4 is 0 Å².